The van der Waals surface area contributed by atoms with E-state index in [-0.39, 0.29) is 0 Å². The lowest BCUT2D eigenvalue weighted by molar-refractivity contribution is -0.0178. The van der Waals surface area contributed by atoms with Crippen LogP contribution in [0.2, 0.25) is 0 Å². The second-order valence-corrected chi connectivity index (χ2v) is 5.39. The Morgan fingerprint density at radius 2 is 1.70 bits per heavy atom. The summed E-state index contributed by atoms with van der Waals surface area (Å²) in [5.74, 6) is -1.15. The van der Waals surface area contributed by atoms with Crippen LogP contribution in [0, 0.1) is 11.6 Å². The van der Waals surface area contributed by atoms with E-state index in [4.69, 9.17) is 4.74 Å². The number of nitrogens with one attached hydrogen (secondary N) is 1. The van der Waals surface area contributed by atoms with Crippen molar-refractivity contribution >= 4 is 5.69 Å². The van der Waals surface area contributed by atoms with E-state index >= 15 is 0 Å². The quantitative estimate of drug-likeness (QED) is 0.839. The van der Waals surface area contributed by atoms with Crippen molar-refractivity contribution in [1.29, 1.82) is 0 Å². The van der Waals surface area contributed by atoms with Gasteiger partial charge in [0.1, 0.15) is 18.4 Å². The Balaban J connectivity index is 2.12. The predicted molar refractivity (Wildman–Crippen MR) is 74.4 cm³/mol. The molecule has 2 aromatic carbocycles. The minimum absolute atomic E-state index is 0.428. The highest BCUT2D eigenvalue weighted by Crippen LogP contribution is 2.37. The number of rotatable bonds is 1. The van der Waals surface area contributed by atoms with Crippen molar-refractivity contribution in [2.75, 3.05) is 12.0 Å². The second-order valence-electron chi connectivity index (χ2n) is 5.39. The van der Waals surface area contributed by atoms with Crippen LogP contribution in [0.25, 0.3) is 11.1 Å². The van der Waals surface area contributed by atoms with Gasteiger partial charge in [0.05, 0.1) is 5.60 Å². The molecule has 1 aliphatic rings. The van der Waals surface area contributed by atoms with E-state index in [1.807, 2.05) is 32.0 Å². The standard InChI is InChI=1S/C16H15F2NO/c1-16(2)14-7-10(3-4-15(14)19-9-20-16)11-5-12(17)8-13(18)6-11/h3-8,19H,9H2,1-2H3. The molecule has 0 aliphatic carbocycles. The van der Waals surface area contributed by atoms with Crippen molar-refractivity contribution in [3.05, 3.63) is 53.6 Å². The SMILES string of the molecule is CC1(C)OCNc2ccc(-c3cc(F)cc(F)c3)cc21. The Bertz CT molecular complexity index is 647. The lowest BCUT2D eigenvalue weighted by Gasteiger charge is -2.33. The van der Waals surface area contributed by atoms with Crippen molar-refractivity contribution in [2.45, 2.75) is 19.4 Å². The summed E-state index contributed by atoms with van der Waals surface area (Å²) in [6, 6.07) is 9.20. The largest absolute Gasteiger partial charge is 0.362 e. The van der Waals surface area contributed by atoms with Crippen LogP contribution in [-0.2, 0) is 10.3 Å². The van der Waals surface area contributed by atoms with Crippen LogP contribution in [-0.4, -0.2) is 6.73 Å². The molecule has 1 heterocycles. The average Bonchev–Trinajstić information content (AvgIpc) is 2.37. The van der Waals surface area contributed by atoms with Crippen molar-refractivity contribution in [1.82, 2.24) is 0 Å². The third-order valence-corrected chi connectivity index (χ3v) is 3.56. The van der Waals surface area contributed by atoms with Crippen molar-refractivity contribution in [3.63, 3.8) is 0 Å². The molecule has 4 heteroatoms. The van der Waals surface area contributed by atoms with Gasteiger partial charge in [-0.05, 0) is 49.2 Å². The predicted octanol–water partition coefficient (Wildman–Crippen LogP) is 4.27. The summed E-state index contributed by atoms with van der Waals surface area (Å²) in [6.45, 7) is 4.40. The molecule has 0 radical (unpaired) electrons. The molecule has 0 fully saturated rings. The molecule has 0 saturated carbocycles. The van der Waals surface area contributed by atoms with Gasteiger partial charge in [0.2, 0.25) is 0 Å². The van der Waals surface area contributed by atoms with Gasteiger partial charge in [-0.3, -0.25) is 0 Å². The molecule has 3 rings (SSSR count). The molecule has 0 aromatic heterocycles. The van der Waals surface area contributed by atoms with E-state index < -0.39 is 17.2 Å². The fourth-order valence-corrected chi connectivity index (χ4v) is 2.47. The maximum absolute atomic E-state index is 13.3. The molecule has 2 aromatic rings. The Morgan fingerprint density at radius 1 is 1.00 bits per heavy atom. The first-order valence-electron chi connectivity index (χ1n) is 6.44. The minimum atomic E-state index is -0.577. The number of ether oxygens (including phenoxy) is 1. The molecular weight excluding hydrogens is 260 g/mol. The molecule has 0 unspecified atom stereocenters. The number of hydrogen-bond acceptors (Lipinski definition) is 2. The lowest BCUT2D eigenvalue weighted by Crippen LogP contribution is -2.31. The average molecular weight is 275 g/mol. The summed E-state index contributed by atoms with van der Waals surface area (Å²) in [5, 5.41) is 3.15. The number of fused-ring (bicyclic) bond motifs is 1. The molecule has 0 atom stereocenters. The highest BCUT2D eigenvalue weighted by Gasteiger charge is 2.28. The number of halogens is 2. The number of anilines is 1. The Labute approximate surface area is 116 Å². The van der Waals surface area contributed by atoms with Gasteiger partial charge in [0, 0.05) is 17.3 Å². The molecule has 2 nitrogen and oxygen atoms in total. The topological polar surface area (TPSA) is 21.3 Å². The van der Waals surface area contributed by atoms with Crippen LogP contribution in [0.1, 0.15) is 19.4 Å². The molecule has 0 saturated heterocycles. The first-order chi connectivity index (χ1) is 9.45. The summed E-state index contributed by atoms with van der Waals surface area (Å²) in [7, 11) is 0. The second kappa shape index (κ2) is 4.56. The fourth-order valence-electron chi connectivity index (χ4n) is 2.47. The lowest BCUT2D eigenvalue weighted by atomic mass is 9.91. The molecule has 1 aliphatic heterocycles. The summed E-state index contributed by atoms with van der Waals surface area (Å²) in [5.41, 5.74) is 2.82. The minimum Gasteiger partial charge on any atom is -0.362 e. The van der Waals surface area contributed by atoms with Gasteiger partial charge in [-0.2, -0.15) is 0 Å². The van der Waals surface area contributed by atoms with Crippen molar-refractivity contribution in [3.8, 4) is 11.1 Å². The van der Waals surface area contributed by atoms with Crippen LogP contribution < -0.4 is 5.32 Å². The van der Waals surface area contributed by atoms with Gasteiger partial charge in [-0.15, -0.1) is 0 Å². The first kappa shape index (κ1) is 13.1. The Kier molecular flexibility index (Phi) is 2.98. The van der Waals surface area contributed by atoms with Gasteiger partial charge in [-0.1, -0.05) is 6.07 Å². The number of benzene rings is 2. The van der Waals surface area contributed by atoms with Crippen LogP contribution in [0.5, 0.6) is 0 Å². The summed E-state index contributed by atoms with van der Waals surface area (Å²) in [6.07, 6.45) is 0. The highest BCUT2D eigenvalue weighted by molar-refractivity contribution is 5.70. The Morgan fingerprint density at radius 3 is 2.40 bits per heavy atom. The normalized spacial score (nSPS) is 16.4. The fraction of sp³-hybridized carbons (Fsp3) is 0.250. The van der Waals surface area contributed by atoms with Gasteiger partial charge in [-0.25, -0.2) is 8.78 Å². The van der Waals surface area contributed by atoms with E-state index in [1.165, 1.54) is 12.1 Å². The first-order valence-corrected chi connectivity index (χ1v) is 6.44. The smallest absolute Gasteiger partial charge is 0.126 e. The monoisotopic (exact) mass is 275 g/mol. The van der Waals surface area contributed by atoms with E-state index in [9.17, 15) is 8.78 Å². The maximum atomic E-state index is 13.3. The molecule has 0 spiro atoms. The van der Waals surface area contributed by atoms with Crippen LogP contribution >= 0.6 is 0 Å². The van der Waals surface area contributed by atoms with E-state index in [1.54, 1.807) is 0 Å². The van der Waals surface area contributed by atoms with Crippen molar-refractivity contribution in [2.24, 2.45) is 0 Å². The third kappa shape index (κ3) is 2.27. The van der Waals surface area contributed by atoms with Crippen LogP contribution in [0.4, 0.5) is 14.5 Å². The molecule has 20 heavy (non-hydrogen) atoms. The van der Waals surface area contributed by atoms with Gasteiger partial charge >= 0.3 is 0 Å². The van der Waals surface area contributed by atoms with Crippen LogP contribution in [0.15, 0.2) is 36.4 Å². The van der Waals surface area contributed by atoms with E-state index in [0.29, 0.717) is 12.3 Å². The van der Waals surface area contributed by atoms with E-state index in [0.717, 1.165) is 22.9 Å². The van der Waals surface area contributed by atoms with Crippen molar-refractivity contribution < 1.29 is 13.5 Å². The molecule has 1 N–H and O–H groups in total. The third-order valence-electron chi connectivity index (χ3n) is 3.56. The molecule has 0 bridgehead atoms. The molecule has 104 valence electrons. The van der Waals surface area contributed by atoms with Crippen LogP contribution in [0.3, 0.4) is 0 Å². The van der Waals surface area contributed by atoms with Gasteiger partial charge in [0.15, 0.2) is 0 Å². The summed E-state index contributed by atoms with van der Waals surface area (Å²) < 4.78 is 32.3. The zero-order valence-electron chi connectivity index (χ0n) is 11.3. The zero-order valence-corrected chi connectivity index (χ0v) is 11.3. The van der Waals surface area contributed by atoms with Gasteiger partial charge < -0.3 is 10.1 Å². The van der Waals surface area contributed by atoms with E-state index in [2.05, 4.69) is 5.32 Å². The maximum Gasteiger partial charge on any atom is 0.126 e. The highest BCUT2D eigenvalue weighted by atomic mass is 19.1. The zero-order chi connectivity index (χ0) is 14.3. The summed E-state index contributed by atoms with van der Waals surface area (Å²) in [4.78, 5) is 0. The molecular formula is C16H15F2NO. The summed E-state index contributed by atoms with van der Waals surface area (Å²) >= 11 is 0. The van der Waals surface area contributed by atoms with Gasteiger partial charge in [0.25, 0.3) is 0 Å². The molecule has 0 amide bonds. The Hall–Kier alpha value is -1.94. The number of hydrogen-bond donors (Lipinski definition) is 1.